The highest BCUT2D eigenvalue weighted by Crippen LogP contribution is 2.35. The van der Waals surface area contributed by atoms with Crippen molar-refractivity contribution in [2.45, 2.75) is 23.9 Å². The first-order valence-corrected chi connectivity index (χ1v) is 11.7. The van der Waals surface area contributed by atoms with Crippen LogP contribution in [0.25, 0.3) is 10.9 Å². The molecule has 13 heteroatoms. The second-order valence-electron chi connectivity index (χ2n) is 7.87. The highest BCUT2D eigenvalue weighted by Gasteiger charge is 2.33. The van der Waals surface area contributed by atoms with Crippen molar-refractivity contribution in [3.8, 4) is 5.75 Å². The first kappa shape index (κ1) is 26.1. The second-order valence-corrected chi connectivity index (χ2v) is 9.66. The summed E-state index contributed by atoms with van der Waals surface area (Å²) in [6.45, 7) is 0. The number of alkyl halides is 6. The second kappa shape index (κ2) is 9.14. The lowest BCUT2D eigenvalue weighted by molar-refractivity contribution is -0.274. The Balaban J connectivity index is 1.84. The zero-order valence-corrected chi connectivity index (χ0v) is 19.2. The fraction of sp³-hybridized carbons (Fsp3) is 0.125. The summed E-state index contributed by atoms with van der Waals surface area (Å²) in [5.41, 5.74) is -0.587. The third kappa shape index (κ3) is 5.56. The van der Waals surface area contributed by atoms with Crippen molar-refractivity contribution in [3.05, 3.63) is 95.2 Å². The average molecular weight is 543 g/mol. The molecule has 0 saturated carbocycles. The van der Waals surface area contributed by atoms with Crippen LogP contribution in [0.5, 0.6) is 5.75 Å². The number of ether oxygens (including phenoxy) is 1. The van der Waals surface area contributed by atoms with Gasteiger partial charge in [-0.05, 0) is 66.2 Å². The number of carboxylic acids is 1. The molecule has 0 spiro atoms. The lowest BCUT2D eigenvalue weighted by Crippen LogP contribution is -2.18. The summed E-state index contributed by atoms with van der Waals surface area (Å²) in [7, 11) is -4.50. The maximum Gasteiger partial charge on any atom is 0.573 e. The molecular weight excluding hydrogens is 528 g/mol. The van der Waals surface area contributed by atoms with E-state index >= 15 is 0 Å². The van der Waals surface area contributed by atoms with Gasteiger partial charge < -0.3 is 9.84 Å². The molecule has 1 aromatic heterocycles. The minimum Gasteiger partial charge on any atom is -0.478 e. The Bertz CT molecular complexity index is 1570. The largest absolute Gasteiger partial charge is 0.573 e. The van der Waals surface area contributed by atoms with E-state index in [4.69, 9.17) is 5.11 Å². The average Bonchev–Trinajstić information content (AvgIpc) is 3.16. The molecule has 0 unspecified atom stereocenters. The molecule has 1 N–H and O–H groups in total. The van der Waals surface area contributed by atoms with Crippen LogP contribution in [0.3, 0.4) is 0 Å². The Morgan fingerprint density at radius 1 is 0.865 bits per heavy atom. The van der Waals surface area contributed by atoms with Crippen LogP contribution in [0, 0.1) is 0 Å². The Hall–Kier alpha value is -4.00. The zero-order valence-electron chi connectivity index (χ0n) is 18.3. The number of aromatic carboxylic acids is 1. The lowest BCUT2D eigenvalue weighted by atomic mass is 10.1. The Kier molecular flexibility index (Phi) is 6.44. The van der Waals surface area contributed by atoms with Crippen molar-refractivity contribution >= 4 is 26.9 Å². The van der Waals surface area contributed by atoms with Crippen LogP contribution < -0.4 is 4.74 Å². The van der Waals surface area contributed by atoms with Gasteiger partial charge in [-0.25, -0.2) is 17.2 Å². The van der Waals surface area contributed by atoms with Gasteiger partial charge in [-0.3, -0.25) is 0 Å². The standard InChI is InChI=1S/C24H15F6NO5S/c25-23(26,27)17-5-10-21-16(12-17)13-18(11-14-1-3-15(4-2-14)22(32)33)31(21)37(34,35)20-8-6-19(7-9-20)36-24(28,29)30/h1-10,12-13H,11H2,(H,32,33). The van der Waals surface area contributed by atoms with Gasteiger partial charge in [0.15, 0.2) is 0 Å². The molecule has 0 fully saturated rings. The van der Waals surface area contributed by atoms with Crippen LogP contribution in [-0.2, 0) is 22.6 Å². The summed E-state index contributed by atoms with van der Waals surface area (Å²) in [5, 5.41) is 9.03. The minimum atomic E-state index is -4.99. The van der Waals surface area contributed by atoms with Crippen molar-refractivity contribution in [1.29, 1.82) is 0 Å². The third-order valence-electron chi connectivity index (χ3n) is 5.34. The number of carboxylic acid groups (broad SMARTS) is 1. The molecule has 4 aromatic rings. The molecule has 0 aliphatic carbocycles. The van der Waals surface area contributed by atoms with Crippen LogP contribution in [0.4, 0.5) is 26.3 Å². The van der Waals surface area contributed by atoms with Gasteiger partial charge in [-0.15, -0.1) is 13.2 Å². The number of benzene rings is 3. The number of rotatable bonds is 6. The number of halogens is 6. The Labute approximate surface area is 205 Å². The summed E-state index contributed by atoms with van der Waals surface area (Å²) in [4.78, 5) is 10.7. The fourth-order valence-corrected chi connectivity index (χ4v) is 5.27. The minimum absolute atomic E-state index is 0.0205. The van der Waals surface area contributed by atoms with E-state index in [0.717, 1.165) is 46.4 Å². The van der Waals surface area contributed by atoms with Gasteiger partial charge in [0.05, 0.1) is 21.5 Å². The highest BCUT2D eigenvalue weighted by atomic mass is 32.2. The quantitative estimate of drug-likeness (QED) is 0.298. The first-order valence-electron chi connectivity index (χ1n) is 10.3. The first-order chi connectivity index (χ1) is 17.1. The van der Waals surface area contributed by atoms with E-state index in [2.05, 4.69) is 4.74 Å². The number of carbonyl (C=O) groups is 1. The number of fused-ring (bicyclic) bond motifs is 1. The maximum absolute atomic E-state index is 13.5. The molecule has 6 nitrogen and oxygen atoms in total. The van der Waals surface area contributed by atoms with Crippen molar-refractivity contribution in [1.82, 2.24) is 3.97 Å². The van der Waals surface area contributed by atoms with E-state index in [1.54, 1.807) is 0 Å². The number of nitrogens with zero attached hydrogens (tertiary/aromatic N) is 1. The van der Waals surface area contributed by atoms with E-state index in [9.17, 15) is 39.6 Å². The summed E-state index contributed by atoms with van der Waals surface area (Å²) in [6.07, 6.45) is -9.78. The third-order valence-corrected chi connectivity index (χ3v) is 7.12. The zero-order chi connectivity index (χ0) is 27.2. The Morgan fingerprint density at radius 3 is 2.03 bits per heavy atom. The van der Waals surface area contributed by atoms with E-state index in [-0.39, 0.29) is 28.6 Å². The Morgan fingerprint density at radius 2 is 1.49 bits per heavy atom. The smallest absolute Gasteiger partial charge is 0.478 e. The fourth-order valence-electron chi connectivity index (χ4n) is 3.72. The number of hydrogen-bond donors (Lipinski definition) is 1. The van der Waals surface area contributed by atoms with Gasteiger partial charge >= 0.3 is 18.5 Å². The van der Waals surface area contributed by atoms with Crippen LogP contribution in [0.15, 0.2) is 77.7 Å². The molecule has 0 amide bonds. The molecule has 0 saturated heterocycles. The van der Waals surface area contributed by atoms with Crippen molar-refractivity contribution in [2.75, 3.05) is 0 Å². The van der Waals surface area contributed by atoms with Crippen molar-refractivity contribution < 1.29 is 49.4 Å². The normalized spacial score (nSPS) is 12.6. The van der Waals surface area contributed by atoms with Crippen molar-refractivity contribution in [3.63, 3.8) is 0 Å². The highest BCUT2D eigenvalue weighted by molar-refractivity contribution is 7.90. The molecular formula is C24H15F6NO5S. The molecule has 1 heterocycles. The van der Waals surface area contributed by atoms with Gasteiger partial charge in [0, 0.05) is 17.5 Å². The van der Waals surface area contributed by atoms with Crippen LogP contribution in [0.1, 0.15) is 27.2 Å². The molecule has 4 rings (SSSR count). The summed E-state index contributed by atoms with van der Waals surface area (Å²) >= 11 is 0. The number of hydrogen-bond acceptors (Lipinski definition) is 4. The van der Waals surface area contributed by atoms with Gasteiger partial charge in [-0.1, -0.05) is 12.1 Å². The molecule has 37 heavy (non-hydrogen) atoms. The monoisotopic (exact) mass is 543 g/mol. The molecule has 0 atom stereocenters. The number of aromatic nitrogens is 1. The topological polar surface area (TPSA) is 85.6 Å². The predicted octanol–water partition coefficient (Wildman–Crippen LogP) is 6.08. The van der Waals surface area contributed by atoms with Gasteiger partial charge in [0.1, 0.15) is 5.75 Å². The molecule has 0 aliphatic heterocycles. The molecule has 0 radical (unpaired) electrons. The maximum atomic E-state index is 13.5. The van der Waals surface area contributed by atoms with Gasteiger partial charge in [0.2, 0.25) is 0 Å². The van der Waals surface area contributed by atoms with Crippen molar-refractivity contribution in [2.24, 2.45) is 0 Å². The predicted molar refractivity (Wildman–Crippen MR) is 119 cm³/mol. The lowest BCUT2D eigenvalue weighted by Gasteiger charge is -2.14. The van der Waals surface area contributed by atoms with Crippen LogP contribution in [0.2, 0.25) is 0 Å². The summed E-state index contributed by atoms with van der Waals surface area (Å²) in [5.74, 6) is -1.83. The molecule has 194 valence electrons. The van der Waals surface area contributed by atoms with E-state index in [1.165, 1.54) is 30.3 Å². The van der Waals surface area contributed by atoms with E-state index in [0.29, 0.717) is 5.56 Å². The molecule has 0 aliphatic rings. The molecule has 0 bridgehead atoms. The van der Waals surface area contributed by atoms with Crippen LogP contribution >= 0.6 is 0 Å². The van der Waals surface area contributed by atoms with Crippen LogP contribution in [-0.4, -0.2) is 29.8 Å². The summed E-state index contributed by atoms with van der Waals surface area (Å²) < 4.78 is 109. The molecule has 3 aromatic carbocycles. The van der Waals surface area contributed by atoms with E-state index in [1.807, 2.05) is 0 Å². The SMILES string of the molecule is O=C(O)c1ccc(Cc2cc3cc(C(F)(F)F)ccc3n2S(=O)(=O)c2ccc(OC(F)(F)F)cc2)cc1. The van der Waals surface area contributed by atoms with Gasteiger partial charge in [-0.2, -0.15) is 13.2 Å². The van der Waals surface area contributed by atoms with E-state index < -0.39 is 44.7 Å². The van der Waals surface area contributed by atoms with Gasteiger partial charge in [0.25, 0.3) is 10.0 Å². The summed E-state index contributed by atoms with van der Waals surface area (Å²) in [6, 6.07) is 12.6.